The number of nitroso groups, excluding NO2 is 1. The normalized spacial score (nSPS) is 13.4. The Morgan fingerprint density at radius 3 is 2.00 bits per heavy atom. The molecule has 3 nitrogen and oxygen atoms in total. The number of carbonyl (C=O) groups is 1. The largest absolute Gasteiger partial charge is 0.301 e. The van der Waals surface area contributed by atoms with Gasteiger partial charge in [-0.2, -0.15) is 4.91 Å². The number of rotatable bonds is 3. The zero-order valence-electron chi connectivity index (χ0n) is 5.00. The maximum Gasteiger partial charge on any atom is 0.149 e. The zero-order chi connectivity index (χ0) is 6.57. The van der Waals surface area contributed by atoms with Crippen LogP contribution in [0.25, 0.3) is 0 Å². The molecule has 0 aromatic heterocycles. The molecule has 0 amide bonds. The van der Waals surface area contributed by atoms with Gasteiger partial charge in [-0.1, -0.05) is 19.0 Å². The van der Waals surface area contributed by atoms with E-state index in [1.165, 1.54) is 0 Å². The third kappa shape index (κ3) is 1.82. The minimum absolute atomic E-state index is 0.0324. The van der Waals surface area contributed by atoms with Gasteiger partial charge >= 0.3 is 0 Å². The monoisotopic (exact) mass is 115 g/mol. The summed E-state index contributed by atoms with van der Waals surface area (Å²) >= 11 is 0. The van der Waals surface area contributed by atoms with E-state index in [1.807, 2.05) is 0 Å². The average Bonchev–Trinajstić information content (AvgIpc) is 1.69. The summed E-state index contributed by atoms with van der Waals surface area (Å²) in [5, 5.41) is 2.59. The van der Waals surface area contributed by atoms with E-state index in [0.717, 1.165) is 0 Å². The number of hydrogen-bond donors (Lipinski definition) is 0. The van der Waals surface area contributed by atoms with E-state index < -0.39 is 6.04 Å². The van der Waals surface area contributed by atoms with Gasteiger partial charge in [0.05, 0.1) is 0 Å². The Kier molecular flexibility index (Phi) is 2.99. The highest BCUT2D eigenvalue weighted by molar-refractivity contribution is 5.57. The minimum Gasteiger partial charge on any atom is -0.301 e. The van der Waals surface area contributed by atoms with Crippen molar-refractivity contribution in [1.29, 1.82) is 0 Å². The number of hydrogen-bond acceptors (Lipinski definition) is 3. The second kappa shape index (κ2) is 3.29. The van der Waals surface area contributed by atoms with Crippen LogP contribution in [0.2, 0.25) is 0 Å². The van der Waals surface area contributed by atoms with Crippen LogP contribution >= 0.6 is 0 Å². The van der Waals surface area contributed by atoms with Crippen molar-refractivity contribution in [2.45, 2.75) is 19.9 Å². The third-order valence-electron chi connectivity index (χ3n) is 0.944. The van der Waals surface area contributed by atoms with Crippen LogP contribution < -0.4 is 0 Å². The lowest BCUT2D eigenvalue weighted by molar-refractivity contribution is -0.109. The molecule has 0 heterocycles. The molecule has 0 saturated carbocycles. The van der Waals surface area contributed by atoms with E-state index in [2.05, 4.69) is 5.18 Å². The third-order valence-corrected chi connectivity index (χ3v) is 0.944. The first-order valence-corrected chi connectivity index (χ1v) is 2.50. The van der Waals surface area contributed by atoms with Crippen LogP contribution in [0, 0.1) is 10.8 Å². The Labute approximate surface area is 48.1 Å². The van der Waals surface area contributed by atoms with Crippen molar-refractivity contribution in [3.05, 3.63) is 4.91 Å². The highest BCUT2D eigenvalue weighted by atomic mass is 16.3. The fourth-order valence-electron chi connectivity index (χ4n) is 0.304. The van der Waals surface area contributed by atoms with Gasteiger partial charge < -0.3 is 4.79 Å². The zero-order valence-corrected chi connectivity index (χ0v) is 5.00. The van der Waals surface area contributed by atoms with Gasteiger partial charge in [0.1, 0.15) is 12.3 Å². The van der Waals surface area contributed by atoms with Crippen LogP contribution in [-0.4, -0.2) is 12.3 Å². The Morgan fingerprint density at radius 2 is 2.00 bits per heavy atom. The molecule has 0 radical (unpaired) electrons. The number of aldehydes is 1. The standard InChI is InChI=1S/C5H9NO2/c1-4(2)5(3-7)6-8/h3-5H,1-2H3/t5-/m1/s1. The van der Waals surface area contributed by atoms with Crippen molar-refractivity contribution < 1.29 is 4.79 Å². The van der Waals surface area contributed by atoms with Crippen LogP contribution in [0.3, 0.4) is 0 Å². The van der Waals surface area contributed by atoms with Crippen LogP contribution in [0.5, 0.6) is 0 Å². The maximum absolute atomic E-state index is 9.88. The van der Waals surface area contributed by atoms with Crippen molar-refractivity contribution in [2.24, 2.45) is 11.1 Å². The van der Waals surface area contributed by atoms with Gasteiger partial charge in [-0.05, 0) is 5.92 Å². The molecule has 0 aliphatic carbocycles. The van der Waals surface area contributed by atoms with E-state index in [-0.39, 0.29) is 5.92 Å². The second-order valence-electron chi connectivity index (χ2n) is 1.98. The second-order valence-corrected chi connectivity index (χ2v) is 1.98. The van der Waals surface area contributed by atoms with Crippen molar-refractivity contribution in [3.63, 3.8) is 0 Å². The molecule has 0 aliphatic rings. The minimum atomic E-state index is -0.657. The number of nitrogens with zero attached hydrogens (tertiary/aromatic N) is 1. The molecule has 1 atom stereocenters. The SMILES string of the molecule is CC(C)[C@@H](C=O)N=O. The molecule has 0 rings (SSSR count). The smallest absolute Gasteiger partial charge is 0.149 e. The summed E-state index contributed by atoms with van der Waals surface area (Å²) in [5.74, 6) is 0.0324. The van der Waals surface area contributed by atoms with E-state index in [9.17, 15) is 9.70 Å². The summed E-state index contributed by atoms with van der Waals surface area (Å²) in [5.41, 5.74) is 0. The average molecular weight is 115 g/mol. The Morgan fingerprint density at radius 1 is 1.50 bits per heavy atom. The summed E-state index contributed by atoms with van der Waals surface area (Å²) in [6.07, 6.45) is 0.567. The van der Waals surface area contributed by atoms with Crippen molar-refractivity contribution in [2.75, 3.05) is 0 Å². The summed E-state index contributed by atoms with van der Waals surface area (Å²) in [7, 11) is 0. The molecule has 3 heteroatoms. The molecule has 0 bridgehead atoms. The molecule has 0 saturated heterocycles. The predicted octanol–water partition coefficient (Wildman–Crippen LogP) is 0.976. The summed E-state index contributed by atoms with van der Waals surface area (Å²) < 4.78 is 0. The first-order valence-electron chi connectivity index (χ1n) is 2.50. The molecular formula is C5H9NO2. The fourth-order valence-corrected chi connectivity index (χ4v) is 0.304. The molecule has 0 N–H and O–H groups in total. The van der Waals surface area contributed by atoms with E-state index in [1.54, 1.807) is 13.8 Å². The molecule has 0 fully saturated rings. The molecule has 0 spiro atoms. The van der Waals surface area contributed by atoms with Gasteiger partial charge in [-0.3, -0.25) is 0 Å². The van der Waals surface area contributed by atoms with Crippen LogP contribution in [0.1, 0.15) is 13.8 Å². The van der Waals surface area contributed by atoms with Gasteiger partial charge in [0, 0.05) is 0 Å². The van der Waals surface area contributed by atoms with Crippen LogP contribution in [0.15, 0.2) is 5.18 Å². The topological polar surface area (TPSA) is 46.5 Å². The van der Waals surface area contributed by atoms with Crippen LogP contribution in [0.4, 0.5) is 0 Å². The van der Waals surface area contributed by atoms with Gasteiger partial charge in [0.15, 0.2) is 0 Å². The molecule has 0 unspecified atom stereocenters. The molecule has 46 valence electrons. The highest BCUT2D eigenvalue weighted by Crippen LogP contribution is 2.01. The first-order chi connectivity index (χ1) is 3.72. The quantitative estimate of drug-likeness (QED) is 0.406. The molecule has 0 aliphatic heterocycles. The molecule has 0 aromatic carbocycles. The predicted molar refractivity (Wildman–Crippen MR) is 30.5 cm³/mol. The van der Waals surface area contributed by atoms with Gasteiger partial charge in [-0.15, -0.1) is 0 Å². The van der Waals surface area contributed by atoms with E-state index >= 15 is 0 Å². The van der Waals surface area contributed by atoms with Crippen molar-refractivity contribution >= 4 is 6.29 Å². The van der Waals surface area contributed by atoms with Gasteiger partial charge in [-0.25, -0.2) is 0 Å². The molecule has 0 aromatic rings. The molecule has 8 heavy (non-hydrogen) atoms. The summed E-state index contributed by atoms with van der Waals surface area (Å²) in [6, 6.07) is -0.657. The van der Waals surface area contributed by atoms with Crippen molar-refractivity contribution in [3.8, 4) is 0 Å². The van der Waals surface area contributed by atoms with E-state index in [0.29, 0.717) is 6.29 Å². The lowest BCUT2D eigenvalue weighted by atomic mass is 10.1. The molecular weight excluding hydrogens is 106 g/mol. The highest BCUT2D eigenvalue weighted by Gasteiger charge is 2.10. The Balaban J connectivity index is 3.68. The Bertz CT molecular complexity index is 82.4. The van der Waals surface area contributed by atoms with Gasteiger partial charge in [0.25, 0.3) is 0 Å². The number of carbonyl (C=O) groups excluding carboxylic acids is 1. The summed E-state index contributed by atoms with van der Waals surface area (Å²) in [4.78, 5) is 19.6. The lowest BCUT2D eigenvalue weighted by Crippen LogP contribution is -2.12. The first kappa shape index (κ1) is 7.27. The lowest BCUT2D eigenvalue weighted by Gasteiger charge is -2.01. The van der Waals surface area contributed by atoms with Gasteiger partial charge in [0.2, 0.25) is 0 Å². The van der Waals surface area contributed by atoms with Crippen molar-refractivity contribution in [1.82, 2.24) is 0 Å². The summed E-state index contributed by atoms with van der Waals surface area (Å²) in [6.45, 7) is 3.56. The Hall–Kier alpha value is -0.730. The van der Waals surface area contributed by atoms with E-state index in [4.69, 9.17) is 0 Å². The van der Waals surface area contributed by atoms with Crippen LogP contribution in [-0.2, 0) is 4.79 Å². The maximum atomic E-state index is 9.88. The fraction of sp³-hybridized carbons (Fsp3) is 0.800.